The molecule has 3 rings (SSSR count). The van der Waals surface area contributed by atoms with Crippen LogP contribution in [0.25, 0.3) is 0 Å². The van der Waals surface area contributed by atoms with Gasteiger partial charge in [-0.15, -0.1) is 0 Å². The highest BCUT2D eigenvalue weighted by Gasteiger charge is 2.38. The van der Waals surface area contributed by atoms with Gasteiger partial charge in [0.25, 0.3) is 0 Å². The lowest BCUT2D eigenvalue weighted by atomic mass is 10.0. The van der Waals surface area contributed by atoms with Crippen LogP contribution in [0, 0.1) is 11.3 Å². The highest BCUT2D eigenvalue weighted by atomic mass is 16.5. The van der Waals surface area contributed by atoms with E-state index in [1.54, 1.807) is 19.1 Å². The van der Waals surface area contributed by atoms with Crippen LogP contribution in [0.4, 0.5) is 0 Å². The maximum absolute atomic E-state index is 11.8. The van der Waals surface area contributed by atoms with Crippen LogP contribution in [0.15, 0.2) is 24.3 Å². The van der Waals surface area contributed by atoms with Gasteiger partial charge < -0.3 is 9.64 Å². The normalized spacial score (nSPS) is 24.1. The highest BCUT2D eigenvalue weighted by molar-refractivity contribution is 5.74. The van der Waals surface area contributed by atoms with E-state index in [9.17, 15) is 4.79 Å². The zero-order chi connectivity index (χ0) is 16.9. The average molecular weight is 327 g/mol. The summed E-state index contributed by atoms with van der Waals surface area (Å²) >= 11 is 0. The number of nitrogens with zero attached hydrogens (tertiary/aromatic N) is 3. The summed E-state index contributed by atoms with van der Waals surface area (Å²) in [5, 5.41) is 8.82. The Morgan fingerprint density at radius 3 is 2.62 bits per heavy atom. The number of ether oxygens (including phenoxy) is 1. The molecule has 2 saturated heterocycles. The molecule has 1 aromatic carbocycles. The van der Waals surface area contributed by atoms with Crippen LogP contribution in [0.5, 0.6) is 5.75 Å². The molecule has 5 heteroatoms. The number of nitriles is 1. The lowest BCUT2D eigenvalue weighted by Crippen LogP contribution is -2.48. The molecule has 2 atom stereocenters. The minimum absolute atomic E-state index is 0.207. The Morgan fingerprint density at radius 1 is 1.21 bits per heavy atom. The van der Waals surface area contributed by atoms with Crippen LogP contribution in [-0.4, -0.2) is 54.0 Å². The molecule has 5 nitrogen and oxygen atoms in total. The first kappa shape index (κ1) is 16.8. The molecule has 2 unspecified atom stereocenters. The average Bonchev–Trinajstić information content (AvgIpc) is 3.24. The monoisotopic (exact) mass is 327 g/mol. The highest BCUT2D eigenvalue weighted by Crippen LogP contribution is 2.29. The van der Waals surface area contributed by atoms with Gasteiger partial charge in [-0.3, -0.25) is 9.69 Å². The summed E-state index contributed by atoms with van der Waals surface area (Å²) in [5.41, 5.74) is 0.646. The molecule has 1 amide bonds. The topological polar surface area (TPSA) is 56.6 Å². The van der Waals surface area contributed by atoms with Gasteiger partial charge in [-0.1, -0.05) is 0 Å². The number of amides is 1. The van der Waals surface area contributed by atoms with E-state index in [0.29, 0.717) is 24.3 Å². The van der Waals surface area contributed by atoms with E-state index in [1.165, 1.54) is 12.8 Å². The summed E-state index contributed by atoms with van der Waals surface area (Å²) in [6, 6.07) is 10.2. The van der Waals surface area contributed by atoms with Gasteiger partial charge in [0, 0.05) is 32.1 Å². The summed E-state index contributed by atoms with van der Waals surface area (Å²) < 4.78 is 5.82. The van der Waals surface area contributed by atoms with E-state index >= 15 is 0 Å². The quantitative estimate of drug-likeness (QED) is 0.833. The molecule has 0 aromatic heterocycles. The van der Waals surface area contributed by atoms with Gasteiger partial charge in [-0.25, -0.2) is 0 Å². The van der Waals surface area contributed by atoms with Gasteiger partial charge in [0.05, 0.1) is 11.6 Å². The van der Waals surface area contributed by atoms with Crippen molar-refractivity contribution in [3.8, 4) is 11.8 Å². The van der Waals surface area contributed by atoms with Gasteiger partial charge in [-0.2, -0.15) is 5.26 Å². The molecule has 2 aliphatic rings. The van der Waals surface area contributed by atoms with Gasteiger partial charge in [-0.05, 0) is 56.5 Å². The minimum atomic E-state index is 0.207. The molecule has 1 aromatic rings. The first-order valence-corrected chi connectivity index (χ1v) is 8.83. The predicted molar refractivity (Wildman–Crippen MR) is 91.7 cm³/mol. The zero-order valence-electron chi connectivity index (χ0n) is 14.3. The first-order valence-electron chi connectivity index (χ1n) is 8.83. The number of hydrogen-bond acceptors (Lipinski definition) is 4. The van der Waals surface area contributed by atoms with Crippen molar-refractivity contribution in [1.29, 1.82) is 5.26 Å². The van der Waals surface area contributed by atoms with Crippen molar-refractivity contribution >= 4 is 5.91 Å². The Labute approximate surface area is 143 Å². The van der Waals surface area contributed by atoms with Crippen molar-refractivity contribution in [3.63, 3.8) is 0 Å². The molecule has 2 aliphatic heterocycles. The number of likely N-dealkylation sites (tertiary alicyclic amines) is 2. The van der Waals surface area contributed by atoms with E-state index in [1.807, 2.05) is 12.1 Å². The van der Waals surface area contributed by atoms with Crippen LogP contribution < -0.4 is 4.74 Å². The number of rotatable bonds is 5. The fourth-order valence-corrected chi connectivity index (χ4v) is 4.06. The van der Waals surface area contributed by atoms with E-state index < -0.39 is 0 Å². The molecule has 24 heavy (non-hydrogen) atoms. The van der Waals surface area contributed by atoms with E-state index in [2.05, 4.69) is 15.9 Å². The molecule has 0 aliphatic carbocycles. The first-order chi connectivity index (χ1) is 11.7. The molecular formula is C19H25N3O2. The van der Waals surface area contributed by atoms with Crippen LogP contribution in [0.3, 0.4) is 0 Å². The summed E-state index contributed by atoms with van der Waals surface area (Å²) in [5.74, 6) is 1.01. The van der Waals surface area contributed by atoms with Crippen LogP contribution in [-0.2, 0) is 4.79 Å². The van der Waals surface area contributed by atoms with E-state index in [4.69, 9.17) is 10.00 Å². The molecule has 0 radical (unpaired) electrons. The zero-order valence-corrected chi connectivity index (χ0v) is 14.3. The van der Waals surface area contributed by atoms with Crippen LogP contribution in [0.2, 0.25) is 0 Å². The molecule has 2 heterocycles. The summed E-state index contributed by atoms with van der Waals surface area (Å²) in [6.45, 7) is 5.20. The molecule has 0 N–H and O–H groups in total. The molecule has 2 fully saturated rings. The third kappa shape index (κ3) is 3.70. The van der Waals surface area contributed by atoms with E-state index in [0.717, 1.165) is 38.2 Å². The number of benzene rings is 1. The smallest absolute Gasteiger partial charge is 0.219 e. The Kier molecular flexibility index (Phi) is 5.37. The second kappa shape index (κ2) is 7.67. The SMILES string of the molecule is CC(=O)N1CCCC1C1CCCN1CCOc1ccc(C#N)cc1. The van der Waals surface area contributed by atoms with Crippen LogP contribution in [0.1, 0.15) is 38.2 Å². The lowest BCUT2D eigenvalue weighted by molar-refractivity contribution is -0.130. The van der Waals surface area contributed by atoms with Crippen molar-refractivity contribution in [2.45, 2.75) is 44.7 Å². The molecule has 0 spiro atoms. The Hall–Kier alpha value is -2.06. The van der Waals surface area contributed by atoms with Crippen molar-refractivity contribution in [2.24, 2.45) is 0 Å². The standard InChI is InChI=1S/C19H25N3O2/c1-15(23)22-11-3-5-19(22)18-4-2-10-21(18)12-13-24-17-8-6-16(14-20)7-9-17/h6-9,18-19H,2-5,10-13H2,1H3. The number of carbonyl (C=O) groups is 1. The third-order valence-electron chi connectivity index (χ3n) is 5.19. The predicted octanol–water partition coefficient (Wildman–Crippen LogP) is 2.41. The van der Waals surface area contributed by atoms with Gasteiger partial charge >= 0.3 is 0 Å². The van der Waals surface area contributed by atoms with Crippen LogP contribution >= 0.6 is 0 Å². The largest absolute Gasteiger partial charge is 0.492 e. The van der Waals surface area contributed by atoms with Gasteiger partial charge in [0.2, 0.25) is 5.91 Å². The minimum Gasteiger partial charge on any atom is -0.492 e. The van der Waals surface area contributed by atoms with Crippen molar-refractivity contribution in [2.75, 3.05) is 26.2 Å². The second-order valence-electron chi connectivity index (χ2n) is 6.65. The summed E-state index contributed by atoms with van der Waals surface area (Å²) in [7, 11) is 0. The molecule has 0 bridgehead atoms. The fraction of sp³-hybridized carbons (Fsp3) is 0.579. The van der Waals surface area contributed by atoms with Gasteiger partial charge in [0.15, 0.2) is 0 Å². The van der Waals surface area contributed by atoms with Gasteiger partial charge in [0.1, 0.15) is 12.4 Å². The number of hydrogen-bond donors (Lipinski definition) is 0. The summed E-state index contributed by atoms with van der Waals surface area (Å²) in [4.78, 5) is 16.4. The molecular weight excluding hydrogens is 302 g/mol. The lowest BCUT2D eigenvalue weighted by Gasteiger charge is -2.34. The third-order valence-corrected chi connectivity index (χ3v) is 5.19. The molecule has 128 valence electrons. The second-order valence-corrected chi connectivity index (χ2v) is 6.65. The summed E-state index contributed by atoms with van der Waals surface area (Å²) in [6.07, 6.45) is 4.61. The Balaban J connectivity index is 1.52. The maximum atomic E-state index is 11.8. The van der Waals surface area contributed by atoms with E-state index in [-0.39, 0.29) is 5.91 Å². The fourth-order valence-electron chi connectivity index (χ4n) is 4.06. The maximum Gasteiger partial charge on any atom is 0.219 e. The number of carbonyl (C=O) groups excluding carboxylic acids is 1. The van der Waals surface area contributed by atoms with Crippen molar-refractivity contribution in [1.82, 2.24) is 9.80 Å². The molecule has 0 saturated carbocycles. The Morgan fingerprint density at radius 2 is 1.92 bits per heavy atom. The van der Waals surface area contributed by atoms with Crippen molar-refractivity contribution in [3.05, 3.63) is 29.8 Å². The Bertz CT molecular complexity index is 608. The van der Waals surface area contributed by atoms with Crippen molar-refractivity contribution < 1.29 is 9.53 Å².